The normalized spacial score (nSPS) is 16.8. The van der Waals surface area contributed by atoms with E-state index in [-0.39, 0.29) is 11.9 Å². The molecular formula is C17H22N4O2S. The fourth-order valence-corrected chi connectivity index (χ4v) is 3.49. The van der Waals surface area contributed by atoms with Crippen LogP contribution in [0.25, 0.3) is 0 Å². The molecule has 1 aliphatic heterocycles. The van der Waals surface area contributed by atoms with Crippen molar-refractivity contribution in [3.05, 3.63) is 41.5 Å². The van der Waals surface area contributed by atoms with Gasteiger partial charge in [0.1, 0.15) is 5.82 Å². The summed E-state index contributed by atoms with van der Waals surface area (Å²) in [4.78, 5) is 13.1. The first kappa shape index (κ1) is 16.8. The van der Waals surface area contributed by atoms with Crippen LogP contribution in [0.3, 0.4) is 0 Å². The monoisotopic (exact) mass is 346 g/mol. The Hall–Kier alpha value is -2.02. The Morgan fingerprint density at radius 1 is 1.21 bits per heavy atom. The summed E-state index contributed by atoms with van der Waals surface area (Å²) in [7, 11) is -1.04. The molecule has 6 nitrogen and oxygen atoms in total. The van der Waals surface area contributed by atoms with Gasteiger partial charge in [0.05, 0.1) is 6.04 Å². The SMILES string of the molecule is C[C@@H](NC(=O)c1ccc([S@](C)=O)cc1)c1nnc2n1CCCCC2. The lowest BCUT2D eigenvalue weighted by molar-refractivity contribution is 0.0937. The highest BCUT2D eigenvalue weighted by Gasteiger charge is 2.21. The molecule has 0 bridgehead atoms. The van der Waals surface area contributed by atoms with Gasteiger partial charge >= 0.3 is 0 Å². The Bertz CT molecular complexity index is 754. The van der Waals surface area contributed by atoms with Gasteiger partial charge in [0.2, 0.25) is 0 Å². The Labute approximate surface area is 144 Å². The fourth-order valence-electron chi connectivity index (χ4n) is 2.97. The van der Waals surface area contributed by atoms with Gasteiger partial charge in [0.15, 0.2) is 5.82 Å². The highest BCUT2D eigenvalue weighted by Crippen LogP contribution is 2.19. The number of hydrogen-bond acceptors (Lipinski definition) is 4. The van der Waals surface area contributed by atoms with Crippen molar-refractivity contribution in [1.82, 2.24) is 20.1 Å². The van der Waals surface area contributed by atoms with Gasteiger partial charge in [-0.1, -0.05) is 6.42 Å². The maximum atomic E-state index is 12.4. The number of benzene rings is 1. The van der Waals surface area contributed by atoms with Crippen LogP contribution >= 0.6 is 0 Å². The number of aromatic nitrogens is 3. The molecule has 2 atom stereocenters. The molecular weight excluding hydrogens is 324 g/mol. The van der Waals surface area contributed by atoms with E-state index >= 15 is 0 Å². The van der Waals surface area contributed by atoms with Crippen LogP contribution in [0.2, 0.25) is 0 Å². The first-order valence-electron chi connectivity index (χ1n) is 8.22. The summed E-state index contributed by atoms with van der Waals surface area (Å²) in [5.74, 6) is 1.66. The number of carbonyl (C=O) groups excluding carboxylic acids is 1. The van der Waals surface area contributed by atoms with Crippen LogP contribution in [0.4, 0.5) is 0 Å². The second-order valence-electron chi connectivity index (χ2n) is 6.11. The predicted octanol–water partition coefficient (Wildman–Crippen LogP) is 2.23. The van der Waals surface area contributed by atoms with Crippen molar-refractivity contribution in [1.29, 1.82) is 0 Å². The summed E-state index contributed by atoms with van der Waals surface area (Å²) in [6.45, 7) is 2.84. The second kappa shape index (κ2) is 7.25. The van der Waals surface area contributed by atoms with Crippen LogP contribution in [0.5, 0.6) is 0 Å². The number of hydrogen-bond donors (Lipinski definition) is 1. The number of carbonyl (C=O) groups is 1. The molecule has 1 aromatic carbocycles. The first-order chi connectivity index (χ1) is 11.6. The summed E-state index contributed by atoms with van der Waals surface area (Å²) >= 11 is 0. The van der Waals surface area contributed by atoms with E-state index in [0.29, 0.717) is 10.5 Å². The quantitative estimate of drug-likeness (QED) is 0.921. The smallest absolute Gasteiger partial charge is 0.251 e. The lowest BCUT2D eigenvalue weighted by atomic mass is 10.2. The molecule has 2 heterocycles. The maximum Gasteiger partial charge on any atom is 0.251 e. The third-order valence-electron chi connectivity index (χ3n) is 4.32. The molecule has 7 heteroatoms. The van der Waals surface area contributed by atoms with Gasteiger partial charge < -0.3 is 9.88 Å². The van der Waals surface area contributed by atoms with Crippen LogP contribution in [0, 0.1) is 0 Å². The Morgan fingerprint density at radius 2 is 1.96 bits per heavy atom. The van der Waals surface area contributed by atoms with Crippen LogP contribution < -0.4 is 5.32 Å². The van der Waals surface area contributed by atoms with Crippen molar-refractivity contribution < 1.29 is 9.00 Å². The molecule has 0 saturated carbocycles. The summed E-state index contributed by atoms with van der Waals surface area (Å²) in [5, 5.41) is 11.5. The minimum absolute atomic E-state index is 0.165. The van der Waals surface area contributed by atoms with Crippen molar-refractivity contribution in [2.24, 2.45) is 0 Å². The maximum absolute atomic E-state index is 12.4. The van der Waals surface area contributed by atoms with E-state index in [0.717, 1.165) is 37.5 Å². The molecule has 0 saturated heterocycles. The van der Waals surface area contributed by atoms with Gasteiger partial charge in [0, 0.05) is 40.5 Å². The highest BCUT2D eigenvalue weighted by molar-refractivity contribution is 7.84. The van der Waals surface area contributed by atoms with Gasteiger partial charge in [-0.25, -0.2) is 0 Å². The molecule has 1 N–H and O–H groups in total. The standard InChI is InChI=1S/C17H22N4O2S/c1-12(16-20-19-15-6-4-3-5-11-21(15)16)18-17(22)13-7-9-14(10-8-13)24(2)23/h7-10,12H,3-6,11H2,1-2H3,(H,18,22)/t12-,24+/m1/s1. The molecule has 0 unspecified atom stereocenters. The molecule has 1 amide bonds. The average Bonchev–Trinajstić information content (AvgIpc) is 2.84. The minimum atomic E-state index is -1.04. The Morgan fingerprint density at radius 3 is 2.67 bits per heavy atom. The van der Waals surface area contributed by atoms with Crippen LogP contribution in [0.15, 0.2) is 29.2 Å². The molecule has 128 valence electrons. The molecule has 3 rings (SSSR count). The van der Waals surface area contributed by atoms with E-state index in [1.165, 1.54) is 6.42 Å². The van der Waals surface area contributed by atoms with Gasteiger partial charge in [-0.15, -0.1) is 10.2 Å². The van der Waals surface area contributed by atoms with E-state index in [2.05, 4.69) is 20.1 Å². The molecule has 1 aliphatic rings. The number of fused-ring (bicyclic) bond motifs is 1. The van der Waals surface area contributed by atoms with Crippen LogP contribution in [-0.2, 0) is 23.8 Å². The van der Waals surface area contributed by atoms with E-state index in [4.69, 9.17) is 0 Å². The Kier molecular flexibility index (Phi) is 5.08. The zero-order valence-electron chi connectivity index (χ0n) is 14.0. The summed E-state index contributed by atoms with van der Waals surface area (Å²) in [6.07, 6.45) is 6.03. The van der Waals surface area contributed by atoms with Crippen molar-refractivity contribution in [2.75, 3.05) is 6.26 Å². The van der Waals surface area contributed by atoms with Crippen molar-refractivity contribution in [2.45, 2.75) is 50.1 Å². The molecule has 0 radical (unpaired) electrons. The lowest BCUT2D eigenvalue weighted by Gasteiger charge is -2.15. The summed E-state index contributed by atoms with van der Waals surface area (Å²) in [5.41, 5.74) is 0.548. The van der Waals surface area contributed by atoms with E-state index in [9.17, 15) is 9.00 Å². The zero-order valence-corrected chi connectivity index (χ0v) is 14.8. The number of nitrogens with zero attached hydrogens (tertiary/aromatic N) is 3. The first-order valence-corrected chi connectivity index (χ1v) is 9.78. The molecule has 0 aliphatic carbocycles. The molecule has 0 spiro atoms. The van der Waals surface area contributed by atoms with Crippen LogP contribution in [-0.4, -0.2) is 31.1 Å². The summed E-state index contributed by atoms with van der Waals surface area (Å²) in [6, 6.07) is 6.63. The third kappa shape index (κ3) is 3.56. The zero-order chi connectivity index (χ0) is 17.1. The largest absolute Gasteiger partial charge is 0.342 e. The average molecular weight is 346 g/mol. The van der Waals surface area contributed by atoms with Gasteiger partial charge in [-0.05, 0) is 44.0 Å². The molecule has 2 aromatic rings. The van der Waals surface area contributed by atoms with Crippen molar-refractivity contribution in [3.63, 3.8) is 0 Å². The van der Waals surface area contributed by atoms with Crippen molar-refractivity contribution in [3.8, 4) is 0 Å². The highest BCUT2D eigenvalue weighted by atomic mass is 32.2. The van der Waals surface area contributed by atoms with Crippen molar-refractivity contribution >= 4 is 16.7 Å². The molecule has 24 heavy (non-hydrogen) atoms. The number of aryl methyl sites for hydroxylation is 1. The number of rotatable bonds is 4. The number of nitrogens with one attached hydrogen (secondary N) is 1. The van der Waals surface area contributed by atoms with E-state index in [1.807, 2.05) is 6.92 Å². The lowest BCUT2D eigenvalue weighted by Crippen LogP contribution is -2.29. The van der Waals surface area contributed by atoms with Crippen LogP contribution in [0.1, 0.15) is 54.2 Å². The third-order valence-corrected chi connectivity index (χ3v) is 5.26. The number of amides is 1. The minimum Gasteiger partial charge on any atom is -0.342 e. The van der Waals surface area contributed by atoms with E-state index in [1.54, 1.807) is 30.5 Å². The second-order valence-corrected chi connectivity index (χ2v) is 7.49. The molecule has 1 aromatic heterocycles. The topological polar surface area (TPSA) is 76.9 Å². The van der Waals surface area contributed by atoms with Gasteiger partial charge in [0.25, 0.3) is 5.91 Å². The Balaban J connectivity index is 1.72. The fraction of sp³-hybridized carbons (Fsp3) is 0.471. The van der Waals surface area contributed by atoms with E-state index < -0.39 is 10.8 Å². The molecule has 0 fully saturated rings. The summed E-state index contributed by atoms with van der Waals surface area (Å²) < 4.78 is 13.6. The predicted molar refractivity (Wildman–Crippen MR) is 92.2 cm³/mol. The van der Waals surface area contributed by atoms with Gasteiger partial charge in [-0.2, -0.15) is 0 Å². The van der Waals surface area contributed by atoms with Gasteiger partial charge in [-0.3, -0.25) is 9.00 Å².